The van der Waals surface area contributed by atoms with Gasteiger partial charge < -0.3 is 14.2 Å². The highest BCUT2D eigenvalue weighted by Gasteiger charge is 2.33. The molecule has 0 spiro atoms. The Labute approximate surface area is 189 Å². The quantitative estimate of drug-likeness (QED) is 0.573. The minimum Gasteiger partial charge on any atom is -0.490 e. The van der Waals surface area contributed by atoms with E-state index in [0.717, 1.165) is 54.6 Å². The third-order valence-corrected chi connectivity index (χ3v) is 6.66. The van der Waals surface area contributed by atoms with Gasteiger partial charge in [-0.2, -0.15) is 0 Å². The molecule has 7 heteroatoms. The molecule has 6 nitrogen and oxygen atoms in total. The Balaban J connectivity index is 1.22. The van der Waals surface area contributed by atoms with Crippen molar-refractivity contribution in [3.05, 3.63) is 46.3 Å². The second-order valence-electron chi connectivity index (χ2n) is 9.27. The van der Waals surface area contributed by atoms with Gasteiger partial charge in [0.2, 0.25) is 0 Å². The first-order valence-corrected chi connectivity index (χ1v) is 11.7. The van der Waals surface area contributed by atoms with Crippen molar-refractivity contribution in [1.82, 2.24) is 15.0 Å². The smallest absolute Gasteiger partial charge is 0.275 e. The van der Waals surface area contributed by atoms with Gasteiger partial charge in [0.15, 0.2) is 5.69 Å². The zero-order valence-electron chi connectivity index (χ0n) is 18.6. The molecule has 0 bridgehead atoms. The van der Waals surface area contributed by atoms with Gasteiger partial charge in [-0.1, -0.05) is 36.7 Å². The molecule has 1 saturated heterocycles. The zero-order valence-corrected chi connectivity index (χ0v) is 19.4. The number of hydrogen-bond acceptors (Lipinski definition) is 5. The Kier molecular flexibility index (Phi) is 6.87. The Morgan fingerprint density at radius 1 is 1.29 bits per heavy atom. The molecule has 4 rings (SSSR count). The fourth-order valence-electron chi connectivity index (χ4n) is 4.35. The molecular weight excluding hydrogens is 414 g/mol. The summed E-state index contributed by atoms with van der Waals surface area (Å²) in [5.41, 5.74) is 1.54. The van der Waals surface area contributed by atoms with Crippen molar-refractivity contribution in [3.63, 3.8) is 0 Å². The van der Waals surface area contributed by atoms with Crippen LogP contribution in [0.2, 0.25) is 5.02 Å². The third kappa shape index (κ3) is 5.42. The lowest BCUT2D eigenvalue weighted by Crippen LogP contribution is -2.42. The molecule has 2 heterocycles. The Morgan fingerprint density at radius 3 is 2.68 bits per heavy atom. The van der Waals surface area contributed by atoms with Crippen LogP contribution in [0.25, 0.3) is 0 Å². The summed E-state index contributed by atoms with van der Waals surface area (Å²) in [6.45, 7) is 7.95. The summed E-state index contributed by atoms with van der Waals surface area (Å²) in [5.74, 6) is 2.11. The maximum atomic E-state index is 12.6. The van der Waals surface area contributed by atoms with Crippen LogP contribution < -0.4 is 4.74 Å². The van der Waals surface area contributed by atoms with E-state index in [9.17, 15) is 4.79 Å². The van der Waals surface area contributed by atoms with Crippen LogP contribution in [0.4, 0.5) is 0 Å². The van der Waals surface area contributed by atoms with Crippen LogP contribution >= 0.6 is 11.6 Å². The summed E-state index contributed by atoms with van der Waals surface area (Å²) in [4.78, 5) is 16.7. The number of halogens is 1. The average molecular weight is 446 g/mol. The van der Waals surface area contributed by atoms with Gasteiger partial charge >= 0.3 is 0 Å². The number of nitrogens with zero attached hydrogens (tertiary/aromatic N) is 3. The van der Waals surface area contributed by atoms with Crippen LogP contribution in [-0.4, -0.2) is 53.6 Å². The fourth-order valence-corrected chi connectivity index (χ4v) is 4.58. The molecule has 0 unspecified atom stereocenters. The van der Waals surface area contributed by atoms with Gasteiger partial charge in [0.05, 0.1) is 6.10 Å². The van der Waals surface area contributed by atoms with Crippen LogP contribution in [0.3, 0.4) is 0 Å². The largest absolute Gasteiger partial charge is 0.490 e. The summed E-state index contributed by atoms with van der Waals surface area (Å²) in [6.07, 6.45) is 4.59. The van der Waals surface area contributed by atoms with Gasteiger partial charge in [0, 0.05) is 37.1 Å². The number of hydrogen-bond donors (Lipinski definition) is 0. The van der Waals surface area contributed by atoms with Crippen molar-refractivity contribution in [1.29, 1.82) is 0 Å². The van der Waals surface area contributed by atoms with E-state index in [1.165, 1.54) is 12.8 Å². The average Bonchev–Trinajstić information content (AvgIpc) is 3.39. The number of rotatable bonds is 8. The molecule has 1 aliphatic heterocycles. The van der Waals surface area contributed by atoms with Crippen LogP contribution in [-0.2, 0) is 6.54 Å². The molecule has 2 aromatic rings. The number of likely N-dealkylation sites (tertiary alicyclic amines) is 1. The van der Waals surface area contributed by atoms with Gasteiger partial charge in [0.1, 0.15) is 11.5 Å². The predicted octanol–water partition coefficient (Wildman–Crippen LogP) is 4.98. The fraction of sp³-hybridized carbons (Fsp3) is 0.583. The molecule has 1 aliphatic carbocycles. The monoisotopic (exact) mass is 445 g/mol. The SMILES string of the molecule is CC(C)c1cc(C(=O)N(C)CC2CC(Oc3ccc(CN4CCCC4)c(Cl)c3)C2)no1. The summed E-state index contributed by atoms with van der Waals surface area (Å²) < 4.78 is 11.4. The summed E-state index contributed by atoms with van der Waals surface area (Å²) in [7, 11) is 1.82. The lowest BCUT2D eigenvalue weighted by atomic mass is 9.82. The number of benzene rings is 1. The van der Waals surface area contributed by atoms with Gasteiger partial charge in [-0.05, 0) is 62.4 Å². The van der Waals surface area contributed by atoms with E-state index in [1.54, 1.807) is 11.0 Å². The molecule has 0 N–H and O–H groups in total. The van der Waals surface area contributed by atoms with Crippen LogP contribution in [0.5, 0.6) is 5.75 Å². The molecule has 1 aromatic carbocycles. The predicted molar refractivity (Wildman–Crippen MR) is 121 cm³/mol. The van der Waals surface area contributed by atoms with Crippen LogP contribution in [0.15, 0.2) is 28.8 Å². The summed E-state index contributed by atoms with van der Waals surface area (Å²) >= 11 is 6.50. The lowest BCUT2D eigenvalue weighted by molar-refractivity contribution is 0.0415. The number of aromatic nitrogens is 1. The normalized spacial score (nSPS) is 21.3. The zero-order chi connectivity index (χ0) is 22.0. The maximum absolute atomic E-state index is 12.6. The van der Waals surface area contributed by atoms with E-state index < -0.39 is 0 Å². The number of amides is 1. The van der Waals surface area contributed by atoms with Crippen molar-refractivity contribution < 1.29 is 14.1 Å². The second kappa shape index (κ2) is 9.61. The van der Waals surface area contributed by atoms with E-state index in [0.29, 0.717) is 18.2 Å². The van der Waals surface area contributed by atoms with E-state index in [2.05, 4.69) is 16.1 Å². The lowest BCUT2D eigenvalue weighted by Gasteiger charge is -2.37. The first-order valence-electron chi connectivity index (χ1n) is 11.3. The van der Waals surface area contributed by atoms with Gasteiger partial charge in [-0.3, -0.25) is 9.69 Å². The molecule has 1 aromatic heterocycles. The first kappa shape index (κ1) is 22.2. The number of ether oxygens (including phenoxy) is 1. The summed E-state index contributed by atoms with van der Waals surface area (Å²) in [6, 6.07) is 7.79. The van der Waals surface area contributed by atoms with Crippen molar-refractivity contribution in [2.24, 2.45) is 5.92 Å². The van der Waals surface area contributed by atoms with Crippen molar-refractivity contribution in [3.8, 4) is 5.75 Å². The van der Waals surface area contributed by atoms with Crippen LogP contribution in [0, 0.1) is 5.92 Å². The highest BCUT2D eigenvalue weighted by molar-refractivity contribution is 6.31. The molecular formula is C24H32ClN3O3. The van der Waals surface area contributed by atoms with E-state index in [1.807, 2.05) is 33.0 Å². The topological polar surface area (TPSA) is 58.8 Å². The second-order valence-corrected chi connectivity index (χ2v) is 9.68. The van der Waals surface area contributed by atoms with E-state index in [-0.39, 0.29) is 17.9 Å². The first-order chi connectivity index (χ1) is 14.9. The van der Waals surface area contributed by atoms with Crippen molar-refractivity contribution in [2.75, 3.05) is 26.7 Å². The molecule has 0 radical (unpaired) electrons. The maximum Gasteiger partial charge on any atom is 0.275 e. The van der Waals surface area contributed by atoms with Crippen molar-refractivity contribution in [2.45, 2.75) is 58.1 Å². The molecule has 2 aliphatic rings. The molecule has 31 heavy (non-hydrogen) atoms. The van der Waals surface area contributed by atoms with Gasteiger partial charge in [-0.15, -0.1) is 0 Å². The Morgan fingerprint density at radius 2 is 2.03 bits per heavy atom. The Bertz CT molecular complexity index is 901. The van der Waals surface area contributed by atoms with Crippen LogP contribution in [0.1, 0.15) is 67.3 Å². The number of carbonyl (C=O) groups is 1. The van der Waals surface area contributed by atoms with Crippen molar-refractivity contribution >= 4 is 17.5 Å². The molecule has 1 saturated carbocycles. The van der Waals surface area contributed by atoms with E-state index >= 15 is 0 Å². The standard InChI is InChI=1S/C24H32ClN3O3/c1-16(2)23-13-22(26-31-23)24(29)27(3)14-17-10-20(11-17)30-19-7-6-18(21(25)12-19)15-28-8-4-5-9-28/h6-7,12-13,16-17,20H,4-5,8-11,14-15H2,1-3H3. The molecule has 2 fully saturated rings. The highest BCUT2D eigenvalue weighted by atomic mass is 35.5. The highest BCUT2D eigenvalue weighted by Crippen LogP contribution is 2.34. The Hall–Kier alpha value is -2.05. The van der Waals surface area contributed by atoms with E-state index in [4.69, 9.17) is 20.9 Å². The minimum absolute atomic E-state index is 0.0969. The minimum atomic E-state index is -0.0969. The van der Waals surface area contributed by atoms with Gasteiger partial charge in [-0.25, -0.2) is 0 Å². The third-order valence-electron chi connectivity index (χ3n) is 6.31. The molecule has 1 amide bonds. The number of carbonyl (C=O) groups excluding carboxylic acids is 1. The molecule has 0 atom stereocenters. The molecule has 168 valence electrons. The van der Waals surface area contributed by atoms with Gasteiger partial charge in [0.25, 0.3) is 5.91 Å². The summed E-state index contributed by atoms with van der Waals surface area (Å²) in [5, 5.41) is 4.70.